The number of hydrogen-bond donors (Lipinski definition) is 1. The van der Waals surface area contributed by atoms with E-state index in [2.05, 4.69) is 15.3 Å². The highest BCUT2D eigenvalue weighted by Gasteiger charge is 2.13. The van der Waals surface area contributed by atoms with Gasteiger partial charge in [0.1, 0.15) is 5.69 Å². The van der Waals surface area contributed by atoms with Crippen LogP contribution in [0, 0.1) is 0 Å². The number of benzene rings is 1. The summed E-state index contributed by atoms with van der Waals surface area (Å²) in [4.78, 5) is 22.4. The van der Waals surface area contributed by atoms with Crippen molar-refractivity contribution in [2.75, 3.05) is 12.4 Å². The van der Waals surface area contributed by atoms with E-state index in [0.29, 0.717) is 18.8 Å². The number of carbonyl (C=O) groups is 1. The maximum absolute atomic E-state index is 12.5. The summed E-state index contributed by atoms with van der Waals surface area (Å²) in [6.45, 7) is 1.24. The smallest absolute Gasteiger partial charge is 0.272 e. The summed E-state index contributed by atoms with van der Waals surface area (Å²) in [5.41, 5.74) is 3.54. The normalized spacial score (nSPS) is 10.3. The van der Waals surface area contributed by atoms with Crippen LogP contribution in [0.15, 0.2) is 73.2 Å². The van der Waals surface area contributed by atoms with Crippen molar-refractivity contribution in [3.8, 4) is 0 Å². The molecule has 0 atom stereocenters. The zero-order valence-electron chi connectivity index (χ0n) is 14.1. The lowest BCUT2D eigenvalue weighted by Gasteiger charge is -2.17. The quantitative estimate of drug-likeness (QED) is 0.752. The van der Waals surface area contributed by atoms with Gasteiger partial charge in [-0.25, -0.2) is 4.98 Å². The van der Waals surface area contributed by atoms with E-state index in [1.54, 1.807) is 36.6 Å². The highest BCUT2D eigenvalue weighted by Crippen LogP contribution is 2.11. The minimum absolute atomic E-state index is 0.0930. The molecule has 0 fully saturated rings. The van der Waals surface area contributed by atoms with Crippen LogP contribution in [0.4, 0.5) is 5.69 Å². The molecule has 5 nitrogen and oxygen atoms in total. The number of amides is 1. The molecular formula is C20H20N4O. The SMILES string of the molecule is CN(Cc1ccccc1)C(=O)c1ccc(NCc2ccncc2)cn1. The zero-order valence-corrected chi connectivity index (χ0v) is 14.1. The molecule has 5 heteroatoms. The van der Waals surface area contributed by atoms with Crippen LogP contribution in [0.3, 0.4) is 0 Å². The second-order valence-corrected chi connectivity index (χ2v) is 5.79. The zero-order chi connectivity index (χ0) is 17.5. The van der Waals surface area contributed by atoms with Gasteiger partial charge in [-0.05, 0) is 35.4 Å². The fraction of sp³-hybridized carbons (Fsp3) is 0.150. The number of hydrogen-bond acceptors (Lipinski definition) is 4. The standard InChI is InChI=1S/C20H20N4O/c1-24(15-17-5-3-2-4-6-17)20(25)19-8-7-18(14-23-19)22-13-16-9-11-21-12-10-16/h2-12,14,22H,13,15H2,1H3. The van der Waals surface area contributed by atoms with Crippen LogP contribution >= 0.6 is 0 Å². The molecule has 0 aliphatic carbocycles. The van der Waals surface area contributed by atoms with Gasteiger partial charge in [0.25, 0.3) is 5.91 Å². The number of rotatable bonds is 6. The lowest BCUT2D eigenvalue weighted by Crippen LogP contribution is -2.26. The van der Waals surface area contributed by atoms with Crippen LogP contribution < -0.4 is 5.32 Å². The first-order valence-corrected chi connectivity index (χ1v) is 8.10. The third-order valence-electron chi connectivity index (χ3n) is 3.84. The van der Waals surface area contributed by atoms with Crippen molar-refractivity contribution in [1.29, 1.82) is 0 Å². The van der Waals surface area contributed by atoms with E-state index in [4.69, 9.17) is 0 Å². The number of aromatic nitrogens is 2. The van der Waals surface area contributed by atoms with Crippen LogP contribution in [-0.2, 0) is 13.1 Å². The second-order valence-electron chi connectivity index (χ2n) is 5.79. The molecule has 0 spiro atoms. The largest absolute Gasteiger partial charge is 0.380 e. The van der Waals surface area contributed by atoms with E-state index in [1.807, 2.05) is 48.5 Å². The third kappa shape index (κ3) is 4.64. The molecule has 0 bridgehead atoms. The van der Waals surface area contributed by atoms with Crippen molar-refractivity contribution in [2.24, 2.45) is 0 Å². The Balaban J connectivity index is 1.58. The highest BCUT2D eigenvalue weighted by atomic mass is 16.2. The molecule has 3 rings (SSSR count). The van der Waals surface area contributed by atoms with Crippen LogP contribution in [0.1, 0.15) is 21.6 Å². The summed E-state index contributed by atoms with van der Waals surface area (Å²) >= 11 is 0. The lowest BCUT2D eigenvalue weighted by molar-refractivity contribution is 0.0779. The lowest BCUT2D eigenvalue weighted by atomic mass is 10.2. The van der Waals surface area contributed by atoms with E-state index >= 15 is 0 Å². The summed E-state index contributed by atoms with van der Waals surface area (Å²) < 4.78 is 0. The number of anilines is 1. The molecule has 2 aromatic heterocycles. The first-order chi connectivity index (χ1) is 12.2. The Labute approximate surface area is 147 Å². The van der Waals surface area contributed by atoms with Gasteiger partial charge in [0.15, 0.2) is 0 Å². The van der Waals surface area contributed by atoms with Crippen LogP contribution in [0.5, 0.6) is 0 Å². The monoisotopic (exact) mass is 332 g/mol. The molecule has 0 saturated carbocycles. The van der Waals surface area contributed by atoms with Crippen molar-refractivity contribution in [2.45, 2.75) is 13.1 Å². The maximum atomic E-state index is 12.5. The fourth-order valence-electron chi connectivity index (χ4n) is 2.45. The summed E-state index contributed by atoms with van der Waals surface area (Å²) in [6.07, 6.45) is 5.21. The molecule has 0 aliphatic heterocycles. The summed E-state index contributed by atoms with van der Waals surface area (Å²) in [5.74, 6) is -0.0930. The minimum atomic E-state index is -0.0930. The molecule has 3 aromatic rings. The predicted molar refractivity (Wildman–Crippen MR) is 98.0 cm³/mol. The molecule has 0 radical (unpaired) electrons. The fourth-order valence-corrected chi connectivity index (χ4v) is 2.45. The first kappa shape index (κ1) is 16.6. The number of nitrogens with one attached hydrogen (secondary N) is 1. The van der Waals surface area contributed by atoms with Gasteiger partial charge >= 0.3 is 0 Å². The van der Waals surface area contributed by atoms with Crippen molar-refractivity contribution in [1.82, 2.24) is 14.9 Å². The number of nitrogens with zero attached hydrogens (tertiary/aromatic N) is 3. The van der Waals surface area contributed by atoms with Crippen LogP contribution in [0.2, 0.25) is 0 Å². The van der Waals surface area contributed by atoms with Gasteiger partial charge in [0.05, 0.1) is 11.9 Å². The number of carbonyl (C=O) groups excluding carboxylic acids is 1. The van der Waals surface area contributed by atoms with Gasteiger partial charge in [-0.15, -0.1) is 0 Å². The van der Waals surface area contributed by atoms with Gasteiger partial charge < -0.3 is 10.2 Å². The van der Waals surface area contributed by atoms with Crippen LogP contribution in [-0.4, -0.2) is 27.8 Å². The van der Waals surface area contributed by atoms with Crippen molar-refractivity contribution < 1.29 is 4.79 Å². The molecule has 2 heterocycles. The molecule has 0 saturated heterocycles. The van der Waals surface area contributed by atoms with Gasteiger partial charge in [-0.2, -0.15) is 0 Å². The predicted octanol–water partition coefficient (Wildman–Crippen LogP) is 3.36. The van der Waals surface area contributed by atoms with E-state index < -0.39 is 0 Å². The molecule has 1 aromatic carbocycles. The number of pyridine rings is 2. The van der Waals surface area contributed by atoms with E-state index in [1.165, 1.54) is 0 Å². The summed E-state index contributed by atoms with van der Waals surface area (Å²) in [7, 11) is 1.78. The summed E-state index contributed by atoms with van der Waals surface area (Å²) in [5, 5.41) is 3.28. The highest BCUT2D eigenvalue weighted by molar-refractivity contribution is 5.92. The van der Waals surface area contributed by atoms with E-state index in [-0.39, 0.29) is 5.91 Å². The van der Waals surface area contributed by atoms with Gasteiger partial charge in [-0.3, -0.25) is 9.78 Å². The average Bonchev–Trinajstić information content (AvgIpc) is 2.68. The molecule has 25 heavy (non-hydrogen) atoms. The Kier molecular flexibility index (Phi) is 5.36. The molecule has 126 valence electrons. The Morgan fingerprint density at radius 1 is 1.00 bits per heavy atom. The Bertz CT molecular complexity index is 804. The third-order valence-corrected chi connectivity index (χ3v) is 3.84. The molecule has 1 amide bonds. The van der Waals surface area contributed by atoms with Crippen molar-refractivity contribution in [3.05, 3.63) is 90.0 Å². The maximum Gasteiger partial charge on any atom is 0.272 e. The van der Waals surface area contributed by atoms with Gasteiger partial charge in [0.2, 0.25) is 0 Å². The van der Waals surface area contributed by atoms with Crippen molar-refractivity contribution >= 4 is 11.6 Å². The minimum Gasteiger partial charge on any atom is -0.380 e. The molecule has 0 aliphatic rings. The Morgan fingerprint density at radius 3 is 2.44 bits per heavy atom. The van der Waals surface area contributed by atoms with Gasteiger partial charge in [0, 0.05) is 32.5 Å². The topological polar surface area (TPSA) is 58.1 Å². The van der Waals surface area contributed by atoms with E-state index in [9.17, 15) is 4.79 Å². The molecule has 1 N–H and O–H groups in total. The molecular weight excluding hydrogens is 312 g/mol. The van der Waals surface area contributed by atoms with Gasteiger partial charge in [-0.1, -0.05) is 30.3 Å². The second kappa shape index (κ2) is 8.06. The first-order valence-electron chi connectivity index (χ1n) is 8.10. The van der Waals surface area contributed by atoms with Crippen molar-refractivity contribution in [3.63, 3.8) is 0 Å². The Hall–Kier alpha value is -3.21. The van der Waals surface area contributed by atoms with E-state index in [0.717, 1.165) is 16.8 Å². The summed E-state index contributed by atoms with van der Waals surface area (Å²) in [6, 6.07) is 17.4. The Morgan fingerprint density at radius 2 is 1.76 bits per heavy atom. The van der Waals surface area contributed by atoms with Crippen LogP contribution in [0.25, 0.3) is 0 Å². The molecule has 0 unspecified atom stereocenters. The average molecular weight is 332 g/mol.